The molecule has 1 fully saturated rings. The molecule has 0 saturated carbocycles. The molecule has 1 aliphatic heterocycles. The highest BCUT2D eigenvalue weighted by Gasteiger charge is 2.23. The van der Waals surface area contributed by atoms with Crippen molar-refractivity contribution in [1.82, 2.24) is 0 Å². The normalized spacial score (nSPS) is 28.3. The van der Waals surface area contributed by atoms with Gasteiger partial charge in [-0.25, -0.2) is 0 Å². The van der Waals surface area contributed by atoms with Crippen molar-refractivity contribution in [3.8, 4) is 0 Å². The zero-order valence-electron chi connectivity index (χ0n) is 7.74. The maximum atomic E-state index is 10.4. The highest BCUT2D eigenvalue weighted by Crippen LogP contribution is 2.23. The van der Waals surface area contributed by atoms with E-state index in [-0.39, 0.29) is 18.6 Å². The Labute approximate surface area is 78.4 Å². The van der Waals surface area contributed by atoms with Gasteiger partial charge in [-0.15, -0.1) is 6.58 Å². The Morgan fingerprint density at radius 1 is 1.54 bits per heavy atom. The average molecular weight is 184 g/mol. The second-order valence-corrected chi connectivity index (χ2v) is 3.43. The van der Waals surface area contributed by atoms with Crippen molar-refractivity contribution >= 4 is 5.97 Å². The first-order valence-electron chi connectivity index (χ1n) is 4.70. The van der Waals surface area contributed by atoms with Gasteiger partial charge in [-0.1, -0.05) is 6.08 Å². The van der Waals surface area contributed by atoms with Crippen LogP contribution < -0.4 is 0 Å². The second-order valence-electron chi connectivity index (χ2n) is 3.43. The molecule has 1 heterocycles. The second kappa shape index (κ2) is 5.02. The molecule has 0 aromatic rings. The van der Waals surface area contributed by atoms with Crippen LogP contribution in [0.5, 0.6) is 0 Å². The lowest BCUT2D eigenvalue weighted by atomic mass is 10.0. The van der Waals surface area contributed by atoms with Gasteiger partial charge in [-0.3, -0.25) is 4.79 Å². The molecular weight excluding hydrogens is 168 g/mol. The van der Waals surface area contributed by atoms with Gasteiger partial charge in [0.15, 0.2) is 0 Å². The summed E-state index contributed by atoms with van der Waals surface area (Å²) in [7, 11) is 0. The molecule has 1 N–H and O–H groups in total. The summed E-state index contributed by atoms with van der Waals surface area (Å²) in [6.07, 6.45) is 5.86. The van der Waals surface area contributed by atoms with E-state index in [9.17, 15) is 4.79 Å². The first kappa shape index (κ1) is 10.3. The van der Waals surface area contributed by atoms with Crippen molar-refractivity contribution in [1.29, 1.82) is 0 Å². The average Bonchev–Trinajstić information content (AvgIpc) is 2.04. The van der Waals surface area contributed by atoms with Crippen LogP contribution in [0.1, 0.15) is 32.1 Å². The van der Waals surface area contributed by atoms with E-state index in [0.717, 1.165) is 25.7 Å². The lowest BCUT2D eigenvalue weighted by Crippen LogP contribution is -2.29. The zero-order valence-corrected chi connectivity index (χ0v) is 7.74. The van der Waals surface area contributed by atoms with E-state index in [4.69, 9.17) is 9.84 Å². The van der Waals surface area contributed by atoms with Gasteiger partial charge in [-0.2, -0.15) is 0 Å². The molecule has 74 valence electrons. The lowest BCUT2D eigenvalue weighted by Gasteiger charge is -2.28. The van der Waals surface area contributed by atoms with Gasteiger partial charge >= 0.3 is 5.97 Å². The highest BCUT2D eigenvalue weighted by molar-refractivity contribution is 5.67. The van der Waals surface area contributed by atoms with Crippen molar-refractivity contribution in [3.05, 3.63) is 12.7 Å². The van der Waals surface area contributed by atoms with Crippen LogP contribution in [0.25, 0.3) is 0 Å². The topological polar surface area (TPSA) is 46.5 Å². The summed E-state index contributed by atoms with van der Waals surface area (Å²) >= 11 is 0. The Morgan fingerprint density at radius 3 is 2.85 bits per heavy atom. The van der Waals surface area contributed by atoms with Gasteiger partial charge in [0.2, 0.25) is 0 Å². The summed E-state index contributed by atoms with van der Waals surface area (Å²) in [5.74, 6) is -0.774. The Morgan fingerprint density at radius 2 is 2.23 bits per heavy atom. The first-order valence-corrected chi connectivity index (χ1v) is 4.70. The number of carboxylic acid groups (broad SMARTS) is 1. The molecule has 3 nitrogen and oxygen atoms in total. The largest absolute Gasteiger partial charge is 0.481 e. The summed E-state index contributed by atoms with van der Waals surface area (Å²) in [6, 6.07) is 0. The van der Waals surface area contributed by atoms with E-state index >= 15 is 0 Å². The van der Waals surface area contributed by atoms with Crippen LogP contribution in [0, 0.1) is 0 Å². The fraction of sp³-hybridized carbons (Fsp3) is 0.700. The number of rotatable bonds is 4. The number of hydrogen-bond acceptors (Lipinski definition) is 2. The number of hydrogen-bond donors (Lipinski definition) is 1. The van der Waals surface area contributed by atoms with E-state index in [1.807, 2.05) is 6.08 Å². The van der Waals surface area contributed by atoms with Gasteiger partial charge in [0.05, 0.1) is 18.6 Å². The molecule has 2 unspecified atom stereocenters. The standard InChI is InChI=1S/C10H16O3/c1-2-4-8-5-3-6-9(13-8)7-10(11)12/h2,8-9H,1,3-7H2,(H,11,12). The van der Waals surface area contributed by atoms with E-state index < -0.39 is 5.97 Å². The van der Waals surface area contributed by atoms with E-state index in [0.29, 0.717) is 0 Å². The first-order chi connectivity index (χ1) is 6.22. The smallest absolute Gasteiger partial charge is 0.305 e. The molecule has 2 atom stereocenters. The predicted octanol–water partition coefficient (Wildman–Crippen LogP) is 1.97. The van der Waals surface area contributed by atoms with Crippen LogP contribution in [-0.2, 0) is 9.53 Å². The van der Waals surface area contributed by atoms with Gasteiger partial charge in [0.25, 0.3) is 0 Å². The van der Waals surface area contributed by atoms with Crippen LogP contribution in [0.15, 0.2) is 12.7 Å². The number of ether oxygens (including phenoxy) is 1. The molecule has 3 heteroatoms. The Kier molecular flexibility index (Phi) is 3.96. The quantitative estimate of drug-likeness (QED) is 0.679. The minimum Gasteiger partial charge on any atom is -0.481 e. The third kappa shape index (κ3) is 3.59. The van der Waals surface area contributed by atoms with Gasteiger partial charge in [-0.05, 0) is 25.7 Å². The third-order valence-electron chi connectivity index (χ3n) is 2.27. The van der Waals surface area contributed by atoms with Crippen LogP contribution in [0.4, 0.5) is 0 Å². The van der Waals surface area contributed by atoms with Gasteiger partial charge in [0.1, 0.15) is 0 Å². The van der Waals surface area contributed by atoms with E-state index in [2.05, 4.69) is 6.58 Å². The zero-order chi connectivity index (χ0) is 9.68. The van der Waals surface area contributed by atoms with Crippen LogP contribution in [0.2, 0.25) is 0 Å². The van der Waals surface area contributed by atoms with Gasteiger partial charge in [0, 0.05) is 0 Å². The molecule has 0 bridgehead atoms. The Balaban J connectivity index is 2.32. The fourth-order valence-corrected chi connectivity index (χ4v) is 1.69. The minimum atomic E-state index is -0.774. The number of aliphatic carboxylic acids is 1. The van der Waals surface area contributed by atoms with Crippen molar-refractivity contribution < 1.29 is 14.6 Å². The summed E-state index contributed by atoms with van der Waals surface area (Å²) < 4.78 is 5.59. The molecule has 0 amide bonds. The van der Waals surface area contributed by atoms with E-state index in [1.165, 1.54) is 0 Å². The lowest BCUT2D eigenvalue weighted by molar-refractivity contribution is -0.143. The maximum Gasteiger partial charge on any atom is 0.305 e. The molecule has 1 rings (SSSR count). The summed E-state index contributed by atoms with van der Waals surface area (Å²) in [5, 5.41) is 8.58. The van der Waals surface area contributed by atoms with Crippen LogP contribution in [-0.4, -0.2) is 23.3 Å². The van der Waals surface area contributed by atoms with E-state index in [1.54, 1.807) is 0 Å². The van der Waals surface area contributed by atoms with Crippen LogP contribution in [0.3, 0.4) is 0 Å². The van der Waals surface area contributed by atoms with Crippen LogP contribution >= 0.6 is 0 Å². The molecule has 0 radical (unpaired) electrons. The Hall–Kier alpha value is -0.830. The molecule has 0 aromatic heterocycles. The molecule has 13 heavy (non-hydrogen) atoms. The highest BCUT2D eigenvalue weighted by atomic mass is 16.5. The fourth-order valence-electron chi connectivity index (χ4n) is 1.69. The maximum absolute atomic E-state index is 10.4. The minimum absolute atomic E-state index is 0.0869. The van der Waals surface area contributed by atoms with Gasteiger partial charge < -0.3 is 9.84 Å². The monoisotopic (exact) mass is 184 g/mol. The SMILES string of the molecule is C=CCC1CCCC(CC(=O)O)O1. The molecule has 1 saturated heterocycles. The van der Waals surface area contributed by atoms with Crippen molar-refractivity contribution in [3.63, 3.8) is 0 Å². The summed E-state index contributed by atoms with van der Waals surface area (Å²) in [4.78, 5) is 10.4. The number of carbonyl (C=O) groups is 1. The van der Waals surface area contributed by atoms with Crippen molar-refractivity contribution in [2.45, 2.75) is 44.3 Å². The van der Waals surface area contributed by atoms with Crippen molar-refractivity contribution in [2.75, 3.05) is 0 Å². The Bertz CT molecular complexity index is 189. The predicted molar refractivity (Wildman–Crippen MR) is 49.6 cm³/mol. The molecular formula is C10H16O3. The third-order valence-corrected chi connectivity index (χ3v) is 2.27. The molecule has 0 aromatic carbocycles. The molecule has 0 aliphatic carbocycles. The van der Waals surface area contributed by atoms with Crippen molar-refractivity contribution in [2.24, 2.45) is 0 Å². The summed E-state index contributed by atoms with van der Waals surface area (Å²) in [6.45, 7) is 3.64. The number of carboxylic acids is 1. The molecule has 0 spiro atoms. The summed E-state index contributed by atoms with van der Waals surface area (Å²) in [5.41, 5.74) is 0. The molecule has 1 aliphatic rings.